The van der Waals surface area contributed by atoms with Crippen LogP contribution < -0.4 is 0 Å². The van der Waals surface area contributed by atoms with E-state index in [-0.39, 0.29) is 0 Å². The zero-order valence-corrected chi connectivity index (χ0v) is 9.18. The lowest BCUT2D eigenvalue weighted by atomic mass is 9.99. The van der Waals surface area contributed by atoms with Gasteiger partial charge < -0.3 is 10.0 Å². The van der Waals surface area contributed by atoms with E-state index >= 15 is 0 Å². The molecular weight excluding hydrogens is 190 g/mol. The fourth-order valence-electron chi connectivity index (χ4n) is 1.45. The minimum atomic E-state index is -0.762. The van der Waals surface area contributed by atoms with E-state index < -0.39 is 11.9 Å². The molecule has 1 aromatic carbocycles. The second-order valence-electron chi connectivity index (χ2n) is 3.66. The Hall–Kier alpha value is -1.35. The van der Waals surface area contributed by atoms with Crippen LogP contribution in [0.25, 0.3) is 0 Å². The molecule has 0 saturated carbocycles. The second kappa shape index (κ2) is 5.51. The van der Waals surface area contributed by atoms with E-state index in [4.69, 9.17) is 5.11 Å². The summed E-state index contributed by atoms with van der Waals surface area (Å²) in [6.07, 6.45) is 0. The van der Waals surface area contributed by atoms with Crippen LogP contribution in [0.1, 0.15) is 18.4 Å². The molecule has 0 aliphatic rings. The monoisotopic (exact) mass is 207 g/mol. The van der Waals surface area contributed by atoms with Gasteiger partial charge in [0, 0.05) is 6.54 Å². The minimum Gasteiger partial charge on any atom is -0.481 e. The summed E-state index contributed by atoms with van der Waals surface area (Å²) in [7, 11) is 1.93. The van der Waals surface area contributed by atoms with Gasteiger partial charge >= 0.3 is 5.97 Å². The highest BCUT2D eigenvalue weighted by Crippen LogP contribution is 2.16. The maximum Gasteiger partial charge on any atom is 0.312 e. The molecular formula is C12H17NO2. The van der Waals surface area contributed by atoms with Crippen LogP contribution in [-0.4, -0.2) is 36.1 Å². The number of carboxylic acids is 1. The van der Waals surface area contributed by atoms with E-state index in [0.29, 0.717) is 6.54 Å². The summed E-state index contributed by atoms with van der Waals surface area (Å²) in [5.41, 5.74) is 0.866. The average Bonchev–Trinajstić information content (AvgIpc) is 2.26. The van der Waals surface area contributed by atoms with E-state index in [1.165, 1.54) is 0 Å². The Kier molecular flexibility index (Phi) is 4.31. The zero-order valence-electron chi connectivity index (χ0n) is 9.18. The van der Waals surface area contributed by atoms with Gasteiger partial charge in [-0.3, -0.25) is 4.79 Å². The molecule has 0 fully saturated rings. The lowest BCUT2D eigenvalue weighted by Crippen LogP contribution is -2.28. The van der Waals surface area contributed by atoms with Gasteiger partial charge in [-0.05, 0) is 19.2 Å². The van der Waals surface area contributed by atoms with Gasteiger partial charge in [-0.2, -0.15) is 0 Å². The van der Waals surface area contributed by atoms with Crippen molar-refractivity contribution in [2.75, 3.05) is 20.1 Å². The van der Waals surface area contributed by atoms with Gasteiger partial charge in [0.1, 0.15) is 0 Å². The number of hydrogen-bond acceptors (Lipinski definition) is 2. The maximum atomic E-state index is 11.1. The Balaban J connectivity index is 2.80. The molecule has 0 aliphatic carbocycles. The van der Waals surface area contributed by atoms with E-state index in [2.05, 4.69) is 0 Å². The molecule has 0 saturated heterocycles. The van der Waals surface area contributed by atoms with E-state index in [9.17, 15) is 4.79 Å². The Morgan fingerprint density at radius 3 is 2.47 bits per heavy atom. The van der Waals surface area contributed by atoms with Crippen molar-refractivity contribution < 1.29 is 9.90 Å². The first-order valence-corrected chi connectivity index (χ1v) is 5.11. The fourth-order valence-corrected chi connectivity index (χ4v) is 1.45. The first-order chi connectivity index (χ1) is 7.15. The van der Waals surface area contributed by atoms with Crippen molar-refractivity contribution in [3.8, 4) is 0 Å². The lowest BCUT2D eigenvalue weighted by molar-refractivity contribution is -0.139. The summed E-state index contributed by atoms with van der Waals surface area (Å²) in [5.74, 6) is -1.20. The number of benzene rings is 1. The quantitative estimate of drug-likeness (QED) is 0.800. The number of likely N-dealkylation sites (N-methyl/N-ethyl adjacent to an activating group) is 1. The average molecular weight is 207 g/mol. The van der Waals surface area contributed by atoms with Crippen molar-refractivity contribution in [2.24, 2.45) is 0 Å². The van der Waals surface area contributed by atoms with Crippen LogP contribution in [0.2, 0.25) is 0 Å². The summed E-state index contributed by atoms with van der Waals surface area (Å²) in [4.78, 5) is 13.1. The normalized spacial score (nSPS) is 12.7. The molecule has 0 amide bonds. The summed E-state index contributed by atoms with van der Waals surface area (Å²) in [6.45, 7) is 3.43. The molecule has 1 rings (SSSR count). The van der Waals surface area contributed by atoms with Crippen molar-refractivity contribution in [3.05, 3.63) is 35.9 Å². The molecule has 0 radical (unpaired) electrons. The van der Waals surface area contributed by atoms with Crippen molar-refractivity contribution in [3.63, 3.8) is 0 Å². The molecule has 0 bridgehead atoms. The number of aliphatic carboxylic acids is 1. The van der Waals surface area contributed by atoms with Crippen molar-refractivity contribution in [1.82, 2.24) is 4.90 Å². The van der Waals surface area contributed by atoms with Crippen LogP contribution >= 0.6 is 0 Å². The summed E-state index contributed by atoms with van der Waals surface area (Å²) < 4.78 is 0. The van der Waals surface area contributed by atoms with Crippen LogP contribution in [0, 0.1) is 0 Å². The highest BCUT2D eigenvalue weighted by molar-refractivity contribution is 5.76. The van der Waals surface area contributed by atoms with Crippen molar-refractivity contribution in [2.45, 2.75) is 12.8 Å². The molecule has 0 spiro atoms. The highest BCUT2D eigenvalue weighted by Gasteiger charge is 2.20. The Bertz CT molecular complexity index is 311. The minimum absolute atomic E-state index is 0.434. The molecule has 82 valence electrons. The van der Waals surface area contributed by atoms with Crippen molar-refractivity contribution in [1.29, 1.82) is 0 Å². The third-order valence-corrected chi connectivity index (χ3v) is 2.53. The third-order valence-electron chi connectivity index (χ3n) is 2.53. The molecule has 0 aliphatic heterocycles. The standard InChI is InChI=1S/C12H17NO2/c1-3-13(2)9-11(12(14)15)10-7-5-4-6-8-10/h4-8,11H,3,9H2,1-2H3,(H,14,15). The largest absolute Gasteiger partial charge is 0.481 e. The number of nitrogens with zero attached hydrogens (tertiary/aromatic N) is 1. The first-order valence-electron chi connectivity index (χ1n) is 5.11. The zero-order chi connectivity index (χ0) is 11.3. The highest BCUT2D eigenvalue weighted by atomic mass is 16.4. The molecule has 1 aromatic rings. The number of hydrogen-bond donors (Lipinski definition) is 1. The molecule has 3 nitrogen and oxygen atoms in total. The lowest BCUT2D eigenvalue weighted by Gasteiger charge is -2.19. The first kappa shape index (κ1) is 11.7. The van der Waals surface area contributed by atoms with Crippen LogP contribution in [0.4, 0.5) is 0 Å². The van der Waals surface area contributed by atoms with Gasteiger partial charge in [-0.25, -0.2) is 0 Å². The Morgan fingerprint density at radius 2 is 2.00 bits per heavy atom. The smallest absolute Gasteiger partial charge is 0.312 e. The van der Waals surface area contributed by atoms with E-state index in [1.54, 1.807) is 0 Å². The molecule has 1 N–H and O–H groups in total. The fraction of sp³-hybridized carbons (Fsp3) is 0.417. The maximum absolute atomic E-state index is 11.1. The third kappa shape index (κ3) is 3.36. The molecule has 0 heterocycles. The molecule has 1 atom stereocenters. The molecule has 1 unspecified atom stereocenters. The summed E-state index contributed by atoms with van der Waals surface area (Å²) >= 11 is 0. The number of carbonyl (C=O) groups is 1. The number of carboxylic acid groups (broad SMARTS) is 1. The number of rotatable bonds is 5. The Labute approximate surface area is 90.3 Å². The van der Waals surface area contributed by atoms with Gasteiger partial charge in [0.05, 0.1) is 5.92 Å². The molecule has 3 heteroatoms. The second-order valence-corrected chi connectivity index (χ2v) is 3.66. The van der Waals surface area contributed by atoms with Crippen LogP contribution in [-0.2, 0) is 4.79 Å². The van der Waals surface area contributed by atoms with Crippen LogP contribution in [0.5, 0.6) is 0 Å². The Morgan fingerprint density at radius 1 is 1.40 bits per heavy atom. The van der Waals surface area contributed by atoms with Gasteiger partial charge in [-0.15, -0.1) is 0 Å². The summed E-state index contributed by atoms with van der Waals surface area (Å²) in [5, 5.41) is 9.14. The van der Waals surface area contributed by atoms with Crippen molar-refractivity contribution >= 4 is 5.97 Å². The molecule has 0 aromatic heterocycles. The van der Waals surface area contributed by atoms with Crippen LogP contribution in [0.3, 0.4) is 0 Å². The van der Waals surface area contributed by atoms with Gasteiger partial charge in [0.2, 0.25) is 0 Å². The van der Waals surface area contributed by atoms with Gasteiger partial charge in [0.25, 0.3) is 0 Å². The topological polar surface area (TPSA) is 40.5 Å². The predicted molar refractivity (Wildman–Crippen MR) is 60.0 cm³/mol. The predicted octanol–water partition coefficient (Wildman–Crippen LogP) is 1.81. The van der Waals surface area contributed by atoms with E-state index in [0.717, 1.165) is 12.1 Å². The van der Waals surface area contributed by atoms with Gasteiger partial charge in [-0.1, -0.05) is 37.3 Å². The van der Waals surface area contributed by atoms with Gasteiger partial charge in [0.15, 0.2) is 0 Å². The summed E-state index contributed by atoms with van der Waals surface area (Å²) in [6, 6.07) is 9.37. The molecule has 15 heavy (non-hydrogen) atoms. The SMILES string of the molecule is CCN(C)CC(C(=O)O)c1ccccc1. The van der Waals surface area contributed by atoms with E-state index in [1.807, 2.05) is 49.2 Å². The van der Waals surface area contributed by atoms with Crippen LogP contribution in [0.15, 0.2) is 30.3 Å².